The fraction of sp³-hybridized carbons (Fsp3) is 0.263. The lowest BCUT2D eigenvalue weighted by molar-refractivity contribution is -0.117. The number of likely N-dealkylation sites (N-methyl/N-ethyl adjacent to an activating group) is 1. The van der Waals surface area contributed by atoms with Crippen LogP contribution < -0.4 is 5.32 Å². The van der Waals surface area contributed by atoms with Crippen molar-refractivity contribution in [2.75, 3.05) is 18.9 Å². The molecule has 3 rings (SSSR count). The molecule has 1 atom stereocenters. The van der Waals surface area contributed by atoms with Gasteiger partial charge in [0.05, 0.1) is 17.8 Å². The lowest BCUT2D eigenvalue weighted by atomic mass is 10.1. The maximum atomic E-state index is 12.3. The van der Waals surface area contributed by atoms with E-state index in [4.69, 9.17) is 5.26 Å². The highest BCUT2D eigenvalue weighted by Gasteiger charge is 2.26. The molecule has 0 bridgehead atoms. The maximum absolute atomic E-state index is 12.3. The summed E-state index contributed by atoms with van der Waals surface area (Å²) in [4.78, 5) is 14.4. The SMILES string of the molecule is CN(CC(=O)Nc1ccccc1C#N)[C@@H]1CCc2ccccc21. The number of hydrogen-bond donors (Lipinski definition) is 1. The number of nitriles is 1. The molecule has 2 aromatic carbocycles. The van der Waals surface area contributed by atoms with Gasteiger partial charge in [0.25, 0.3) is 0 Å². The van der Waals surface area contributed by atoms with Crippen LogP contribution in [0, 0.1) is 11.3 Å². The summed E-state index contributed by atoms with van der Waals surface area (Å²) in [5.41, 5.74) is 3.75. The Morgan fingerprint density at radius 3 is 2.83 bits per heavy atom. The Hall–Kier alpha value is -2.64. The van der Waals surface area contributed by atoms with Gasteiger partial charge in [0.2, 0.25) is 5.91 Å². The fourth-order valence-electron chi connectivity index (χ4n) is 3.21. The molecule has 4 heteroatoms. The molecule has 4 nitrogen and oxygen atoms in total. The Kier molecular flexibility index (Phi) is 4.40. The summed E-state index contributed by atoms with van der Waals surface area (Å²) >= 11 is 0. The first kappa shape index (κ1) is 15.3. The van der Waals surface area contributed by atoms with E-state index in [1.807, 2.05) is 19.2 Å². The quantitative estimate of drug-likeness (QED) is 0.944. The molecule has 0 aliphatic heterocycles. The minimum absolute atomic E-state index is 0.0976. The summed E-state index contributed by atoms with van der Waals surface area (Å²) in [5.74, 6) is -0.0976. The highest BCUT2D eigenvalue weighted by atomic mass is 16.2. The molecule has 0 unspecified atom stereocenters. The molecule has 1 aliphatic carbocycles. The minimum atomic E-state index is -0.0976. The average molecular weight is 305 g/mol. The van der Waals surface area contributed by atoms with E-state index < -0.39 is 0 Å². The van der Waals surface area contributed by atoms with Gasteiger partial charge in [0.1, 0.15) is 6.07 Å². The second-order valence-corrected chi connectivity index (χ2v) is 5.87. The van der Waals surface area contributed by atoms with Crippen molar-refractivity contribution in [2.45, 2.75) is 18.9 Å². The van der Waals surface area contributed by atoms with Gasteiger partial charge in [-0.2, -0.15) is 5.26 Å². The second kappa shape index (κ2) is 6.64. The van der Waals surface area contributed by atoms with Crippen molar-refractivity contribution in [1.29, 1.82) is 5.26 Å². The van der Waals surface area contributed by atoms with Crippen molar-refractivity contribution < 1.29 is 4.79 Å². The lowest BCUT2D eigenvalue weighted by Crippen LogP contribution is -2.32. The predicted octanol–water partition coefficient (Wildman–Crippen LogP) is 3.12. The van der Waals surface area contributed by atoms with Crippen molar-refractivity contribution in [3.05, 3.63) is 65.2 Å². The molecule has 23 heavy (non-hydrogen) atoms. The molecule has 0 heterocycles. The summed E-state index contributed by atoms with van der Waals surface area (Å²) in [6.07, 6.45) is 2.10. The Labute approximate surface area is 136 Å². The van der Waals surface area contributed by atoms with E-state index in [-0.39, 0.29) is 11.9 Å². The minimum Gasteiger partial charge on any atom is -0.324 e. The van der Waals surface area contributed by atoms with E-state index in [1.165, 1.54) is 11.1 Å². The fourth-order valence-corrected chi connectivity index (χ4v) is 3.21. The zero-order valence-electron chi connectivity index (χ0n) is 13.1. The number of anilines is 1. The monoisotopic (exact) mass is 305 g/mol. The topological polar surface area (TPSA) is 56.1 Å². The first-order valence-corrected chi connectivity index (χ1v) is 7.76. The van der Waals surface area contributed by atoms with Crippen LogP contribution in [-0.2, 0) is 11.2 Å². The number of hydrogen-bond acceptors (Lipinski definition) is 3. The summed E-state index contributed by atoms with van der Waals surface area (Å²) in [6, 6.07) is 17.8. The van der Waals surface area contributed by atoms with Gasteiger partial charge in [0, 0.05) is 6.04 Å². The summed E-state index contributed by atoms with van der Waals surface area (Å²) < 4.78 is 0. The standard InChI is InChI=1S/C19H19N3O/c1-22(18-11-10-14-6-2-4-8-16(14)18)13-19(23)21-17-9-5-3-7-15(17)12-20/h2-9,18H,10-11,13H2,1H3,(H,21,23)/t18-/m1/s1. The molecule has 116 valence electrons. The van der Waals surface area contributed by atoms with Crippen LogP contribution in [0.2, 0.25) is 0 Å². The van der Waals surface area contributed by atoms with Gasteiger partial charge < -0.3 is 5.32 Å². The van der Waals surface area contributed by atoms with Crippen LogP contribution >= 0.6 is 0 Å². The molecule has 0 fully saturated rings. The number of nitrogens with one attached hydrogen (secondary N) is 1. The number of aryl methyl sites for hydroxylation is 1. The molecule has 0 saturated heterocycles. The molecule has 0 aromatic heterocycles. The summed E-state index contributed by atoms with van der Waals surface area (Å²) in [5, 5.41) is 11.9. The van der Waals surface area contributed by atoms with Gasteiger partial charge in [-0.05, 0) is 43.1 Å². The van der Waals surface area contributed by atoms with Crippen LogP contribution in [0.25, 0.3) is 0 Å². The first-order chi connectivity index (χ1) is 11.2. The van der Waals surface area contributed by atoms with E-state index in [9.17, 15) is 4.79 Å². The zero-order valence-corrected chi connectivity index (χ0v) is 13.1. The molecule has 1 amide bonds. The predicted molar refractivity (Wildman–Crippen MR) is 89.9 cm³/mol. The molecule has 0 saturated carbocycles. The largest absolute Gasteiger partial charge is 0.324 e. The van der Waals surface area contributed by atoms with Crippen LogP contribution in [0.15, 0.2) is 48.5 Å². The third-order valence-corrected chi connectivity index (χ3v) is 4.35. The van der Waals surface area contributed by atoms with Crippen molar-refractivity contribution in [1.82, 2.24) is 4.90 Å². The van der Waals surface area contributed by atoms with Crippen LogP contribution in [0.4, 0.5) is 5.69 Å². The highest BCUT2D eigenvalue weighted by molar-refractivity contribution is 5.93. The lowest BCUT2D eigenvalue weighted by Gasteiger charge is -2.24. The summed E-state index contributed by atoms with van der Waals surface area (Å²) in [7, 11) is 1.97. The number of carbonyl (C=O) groups excluding carboxylic acids is 1. The van der Waals surface area contributed by atoms with Gasteiger partial charge in [-0.15, -0.1) is 0 Å². The van der Waals surface area contributed by atoms with E-state index >= 15 is 0 Å². The van der Waals surface area contributed by atoms with E-state index in [2.05, 4.69) is 34.5 Å². The van der Waals surface area contributed by atoms with Crippen molar-refractivity contribution in [2.24, 2.45) is 0 Å². The number of benzene rings is 2. The highest BCUT2D eigenvalue weighted by Crippen LogP contribution is 2.34. The van der Waals surface area contributed by atoms with Crippen LogP contribution in [0.3, 0.4) is 0 Å². The molecule has 2 aromatic rings. The van der Waals surface area contributed by atoms with Crippen LogP contribution in [0.1, 0.15) is 29.2 Å². The van der Waals surface area contributed by atoms with Crippen LogP contribution in [-0.4, -0.2) is 24.4 Å². The molecular weight excluding hydrogens is 286 g/mol. The van der Waals surface area contributed by atoms with E-state index in [1.54, 1.807) is 18.2 Å². The molecule has 0 radical (unpaired) electrons. The molecule has 0 spiro atoms. The number of nitrogens with zero attached hydrogens (tertiary/aromatic N) is 2. The van der Waals surface area contributed by atoms with Gasteiger partial charge in [-0.25, -0.2) is 0 Å². The second-order valence-electron chi connectivity index (χ2n) is 5.87. The van der Waals surface area contributed by atoms with Gasteiger partial charge in [-0.1, -0.05) is 36.4 Å². The Balaban J connectivity index is 1.66. The number of fused-ring (bicyclic) bond motifs is 1. The van der Waals surface area contributed by atoms with Crippen molar-refractivity contribution in [3.8, 4) is 6.07 Å². The Morgan fingerprint density at radius 2 is 2.00 bits per heavy atom. The third kappa shape index (κ3) is 3.25. The van der Waals surface area contributed by atoms with Gasteiger partial charge in [-0.3, -0.25) is 9.69 Å². The molecular formula is C19H19N3O. The number of amides is 1. The average Bonchev–Trinajstić information content (AvgIpc) is 2.99. The van der Waals surface area contributed by atoms with E-state index in [0.717, 1.165) is 12.8 Å². The van der Waals surface area contributed by atoms with Crippen molar-refractivity contribution in [3.63, 3.8) is 0 Å². The number of rotatable bonds is 4. The van der Waals surface area contributed by atoms with Crippen molar-refractivity contribution >= 4 is 11.6 Å². The third-order valence-electron chi connectivity index (χ3n) is 4.35. The smallest absolute Gasteiger partial charge is 0.238 e. The molecule has 1 aliphatic rings. The first-order valence-electron chi connectivity index (χ1n) is 7.76. The van der Waals surface area contributed by atoms with E-state index in [0.29, 0.717) is 17.8 Å². The van der Waals surface area contributed by atoms with Gasteiger partial charge >= 0.3 is 0 Å². The summed E-state index contributed by atoms with van der Waals surface area (Å²) in [6.45, 7) is 0.304. The Morgan fingerprint density at radius 1 is 1.26 bits per heavy atom. The normalized spacial score (nSPS) is 16.0. The zero-order chi connectivity index (χ0) is 16.2. The van der Waals surface area contributed by atoms with Gasteiger partial charge in [0.15, 0.2) is 0 Å². The molecule has 1 N–H and O–H groups in total. The number of para-hydroxylation sites is 1. The maximum Gasteiger partial charge on any atom is 0.238 e. The number of carbonyl (C=O) groups is 1. The Bertz CT molecular complexity index is 763. The van der Waals surface area contributed by atoms with Crippen LogP contribution in [0.5, 0.6) is 0 Å².